The van der Waals surface area contributed by atoms with Crippen molar-refractivity contribution >= 4 is 23.9 Å². The van der Waals surface area contributed by atoms with Crippen LogP contribution in [0.4, 0.5) is 4.79 Å². The Hall–Kier alpha value is -2.32. The topological polar surface area (TPSA) is 102 Å². The Morgan fingerprint density at radius 2 is 1.67 bits per heavy atom. The molecule has 1 aliphatic rings. The lowest BCUT2D eigenvalue weighted by Gasteiger charge is -2.28. The van der Waals surface area contributed by atoms with Crippen LogP contribution in [0.25, 0.3) is 0 Å². The quantitative estimate of drug-likeness (QED) is 0.520. The highest BCUT2D eigenvalue weighted by molar-refractivity contribution is 5.89. The van der Waals surface area contributed by atoms with E-state index in [0.29, 0.717) is 0 Å². The molecule has 0 aromatic carbocycles. The average Bonchev–Trinajstić information content (AvgIpc) is 3.01. The Labute approximate surface area is 159 Å². The van der Waals surface area contributed by atoms with E-state index in [1.165, 1.54) is 24.0 Å². The van der Waals surface area contributed by atoms with Gasteiger partial charge in [0.2, 0.25) is 5.91 Å². The fraction of sp³-hybridized carbons (Fsp3) is 0.778. The second-order valence-corrected chi connectivity index (χ2v) is 7.82. The SMILES string of the molecule is COC(=O)C[C@H](C(=O)N1CN(C(=O)OC(C)(C)C)C[C@H]1C(=O)OC)C(C)C. The lowest BCUT2D eigenvalue weighted by Crippen LogP contribution is -2.46. The van der Waals surface area contributed by atoms with Gasteiger partial charge in [-0.15, -0.1) is 0 Å². The van der Waals surface area contributed by atoms with Gasteiger partial charge in [0.25, 0.3) is 0 Å². The van der Waals surface area contributed by atoms with Crippen molar-refractivity contribution in [3.05, 3.63) is 0 Å². The lowest BCUT2D eigenvalue weighted by atomic mass is 9.91. The molecule has 27 heavy (non-hydrogen) atoms. The smallest absolute Gasteiger partial charge is 0.411 e. The standard InChI is InChI=1S/C18H30N2O7/c1-11(2)12(8-14(21)25-6)15(22)20-10-19(9-13(20)16(23)26-7)17(24)27-18(3,4)5/h11-13H,8-10H2,1-7H3/t12-,13-/m0/s1. The minimum Gasteiger partial charge on any atom is -0.469 e. The molecule has 0 aromatic heterocycles. The molecule has 9 heteroatoms. The van der Waals surface area contributed by atoms with Gasteiger partial charge in [0.1, 0.15) is 18.3 Å². The molecule has 1 aliphatic heterocycles. The van der Waals surface area contributed by atoms with Crippen molar-refractivity contribution in [3.63, 3.8) is 0 Å². The first-order valence-electron chi connectivity index (χ1n) is 8.84. The molecule has 1 heterocycles. The first kappa shape index (κ1) is 22.7. The zero-order valence-electron chi connectivity index (χ0n) is 17.1. The molecule has 0 N–H and O–H groups in total. The predicted molar refractivity (Wildman–Crippen MR) is 95.4 cm³/mol. The summed E-state index contributed by atoms with van der Waals surface area (Å²) in [4.78, 5) is 51.8. The number of ether oxygens (including phenoxy) is 3. The van der Waals surface area contributed by atoms with Gasteiger partial charge in [-0.1, -0.05) is 13.8 Å². The lowest BCUT2D eigenvalue weighted by molar-refractivity contribution is -0.154. The third-order valence-corrected chi connectivity index (χ3v) is 4.24. The Morgan fingerprint density at radius 1 is 1.07 bits per heavy atom. The molecule has 9 nitrogen and oxygen atoms in total. The zero-order chi connectivity index (χ0) is 20.9. The van der Waals surface area contributed by atoms with Gasteiger partial charge in [0.05, 0.1) is 33.1 Å². The van der Waals surface area contributed by atoms with Crippen LogP contribution >= 0.6 is 0 Å². The van der Waals surface area contributed by atoms with Gasteiger partial charge in [0, 0.05) is 0 Å². The second-order valence-electron chi connectivity index (χ2n) is 7.82. The highest BCUT2D eigenvalue weighted by Gasteiger charge is 2.44. The molecule has 0 spiro atoms. The normalized spacial score (nSPS) is 18.3. The number of hydrogen-bond donors (Lipinski definition) is 0. The van der Waals surface area contributed by atoms with E-state index in [-0.39, 0.29) is 25.6 Å². The first-order valence-corrected chi connectivity index (χ1v) is 8.84. The number of rotatable bonds is 5. The minimum absolute atomic E-state index is 0.0314. The maximum absolute atomic E-state index is 13.1. The van der Waals surface area contributed by atoms with Gasteiger partial charge >= 0.3 is 18.0 Å². The highest BCUT2D eigenvalue weighted by Crippen LogP contribution is 2.25. The van der Waals surface area contributed by atoms with Crippen molar-refractivity contribution in [3.8, 4) is 0 Å². The molecule has 0 saturated carbocycles. The molecule has 1 saturated heterocycles. The molecule has 0 aromatic rings. The number of carbonyl (C=O) groups excluding carboxylic acids is 4. The van der Waals surface area contributed by atoms with Crippen molar-refractivity contribution in [2.24, 2.45) is 11.8 Å². The summed E-state index contributed by atoms with van der Waals surface area (Å²) in [7, 11) is 2.47. The van der Waals surface area contributed by atoms with E-state index in [9.17, 15) is 19.2 Å². The summed E-state index contributed by atoms with van der Waals surface area (Å²) in [5, 5.41) is 0. The molecule has 154 valence electrons. The molecule has 2 atom stereocenters. The maximum Gasteiger partial charge on any atom is 0.411 e. The largest absolute Gasteiger partial charge is 0.469 e. The van der Waals surface area contributed by atoms with Gasteiger partial charge in [-0.05, 0) is 26.7 Å². The molecule has 0 aliphatic carbocycles. The van der Waals surface area contributed by atoms with Crippen molar-refractivity contribution < 1.29 is 33.4 Å². The van der Waals surface area contributed by atoms with Gasteiger partial charge in [0.15, 0.2) is 0 Å². The summed E-state index contributed by atoms with van der Waals surface area (Å²) >= 11 is 0. The van der Waals surface area contributed by atoms with E-state index in [1.54, 1.807) is 34.6 Å². The maximum atomic E-state index is 13.1. The van der Waals surface area contributed by atoms with Gasteiger partial charge in [-0.25, -0.2) is 9.59 Å². The monoisotopic (exact) mass is 386 g/mol. The summed E-state index contributed by atoms with van der Waals surface area (Å²) in [5.41, 5.74) is -0.708. The highest BCUT2D eigenvalue weighted by atomic mass is 16.6. The van der Waals surface area contributed by atoms with E-state index in [4.69, 9.17) is 9.47 Å². The third-order valence-electron chi connectivity index (χ3n) is 4.24. The average molecular weight is 386 g/mol. The predicted octanol–water partition coefficient (Wildman–Crippen LogP) is 1.40. The molecule has 0 bridgehead atoms. The van der Waals surface area contributed by atoms with Crippen LogP contribution in [-0.2, 0) is 28.6 Å². The molecule has 0 unspecified atom stereocenters. The minimum atomic E-state index is -0.950. The van der Waals surface area contributed by atoms with Gasteiger partial charge < -0.3 is 19.1 Å². The molecular weight excluding hydrogens is 356 g/mol. The van der Waals surface area contributed by atoms with Crippen molar-refractivity contribution in [2.75, 3.05) is 27.4 Å². The van der Waals surface area contributed by atoms with E-state index < -0.39 is 41.5 Å². The summed E-state index contributed by atoms with van der Waals surface area (Å²) < 4.78 is 14.8. The first-order chi connectivity index (χ1) is 12.4. The summed E-state index contributed by atoms with van der Waals surface area (Å²) in [6.45, 7) is 8.65. The van der Waals surface area contributed by atoms with Crippen LogP contribution in [0, 0.1) is 11.8 Å². The van der Waals surface area contributed by atoms with Crippen molar-refractivity contribution in [2.45, 2.75) is 52.7 Å². The van der Waals surface area contributed by atoms with Crippen LogP contribution < -0.4 is 0 Å². The number of esters is 2. The summed E-state index contributed by atoms with van der Waals surface area (Å²) in [6, 6.07) is -0.950. The van der Waals surface area contributed by atoms with Crippen LogP contribution in [0.3, 0.4) is 0 Å². The third kappa shape index (κ3) is 6.11. The summed E-state index contributed by atoms with van der Waals surface area (Å²) in [5.74, 6) is -2.39. The number of carbonyl (C=O) groups is 4. The number of amides is 2. The number of nitrogens with zero attached hydrogens (tertiary/aromatic N) is 2. The number of hydrogen-bond acceptors (Lipinski definition) is 7. The van der Waals surface area contributed by atoms with Crippen molar-refractivity contribution in [1.29, 1.82) is 0 Å². The molecule has 0 radical (unpaired) electrons. The van der Waals surface area contributed by atoms with Crippen LogP contribution in [-0.4, -0.2) is 72.8 Å². The Kier molecular flexibility index (Phi) is 7.62. The van der Waals surface area contributed by atoms with E-state index >= 15 is 0 Å². The summed E-state index contributed by atoms with van der Waals surface area (Å²) in [6.07, 6.45) is -0.732. The second kappa shape index (κ2) is 9.05. The Morgan fingerprint density at radius 3 is 2.11 bits per heavy atom. The van der Waals surface area contributed by atoms with E-state index in [2.05, 4.69) is 4.74 Å². The van der Waals surface area contributed by atoms with Gasteiger partial charge in [-0.2, -0.15) is 0 Å². The van der Waals surface area contributed by atoms with E-state index in [1.807, 2.05) is 0 Å². The number of methoxy groups -OCH3 is 2. The van der Waals surface area contributed by atoms with Crippen molar-refractivity contribution in [1.82, 2.24) is 9.80 Å². The fourth-order valence-electron chi connectivity index (χ4n) is 2.75. The molecule has 1 fully saturated rings. The van der Waals surface area contributed by atoms with Crippen LogP contribution in [0.5, 0.6) is 0 Å². The Bertz CT molecular complexity index is 583. The molecular formula is C18H30N2O7. The van der Waals surface area contributed by atoms with Crippen LogP contribution in [0.2, 0.25) is 0 Å². The molecule has 1 rings (SSSR count). The van der Waals surface area contributed by atoms with Crippen LogP contribution in [0.1, 0.15) is 41.0 Å². The molecule has 2 amide bonds. The van der Waals surface area contributed by atoms with E-state index in [0.717, 1.165) is 0 Å². The van der Waals surface area contributed by atoms with Gasteiger partial charge in [-0.3, -0.25) is 14.5 Å². The zero-order valence-corrected chi connectivity index (χ0v) is 17.1. The van der Waals surface area contributed by atoms with Crippen LogP contribution in [0.15, 0.2) is 0 Å². The Balaban J connectivity index is 3.05. The fourth-order valence-corrected chi connectivity index (χ4v) is 2.75.